The summed E-state index contributed by atoms with van der Waals surface area (Å²) in [5.74, 6) is 0.762. The first-order valence-electron chi connectivity index (χ1n) is 10.3. The van der Waals surface area contributed by atoms with Crippen LogP contribution in [0.3, 0.4) is 0 Å². The van der Waals surface area contributed by atoms with Crippen LogP contribution in [0, 0.1) is 13.8 Å². The van der Waals surface area contributed by atoms with Gasteiger partial charge in [-0.3, -0.25) is 9.89 Å². The van der Waals surface area contributed by atoms with Gasteiger partial charge in [0.05, 0.1) is 13.2 Å². The Labute approximate surface area is 181 Å². The fourth-order valence-corrected chi connectivity index (χ4v) is 4.41. The number of benzene rings is 2. The maximum atomic E-state index is 13.3. The van der Waals surface area contributed by atoms with Crippen LogP contribution in [-0.2, 0) is 4.74 Å². The van der Waals surface area contributed by atoms with Gasteiger partial charge in [0.15, 0.2) is 0 Å². The number of phenolic OH excluding ortho intramolecular Hbond substituents is 1. The minimum absolute atomic E-state index is 0.109. The molecule has 1 aliphatic rings. The molecule has 162 valence electrons. The number of nitrogens with zero attached hydrogens (tertiary/aromatic N) is 2. The second kappa shape index (κ2) is 8.43. The molecule has 1 aromatic heterocycles. The lowest BCUT2D eigenvalue weighted by atomic mass is 9.93. The molecule has 0 spiro atoms. The molecule has 1 aliphatic heterocycles. The number of fused-ring (bicyclic) bond motifs is 1. The number of H-pyrrole nitrogens is 1. The minimum atomic E-state index is -0.344. The summed E-state index contributed by atoms with van der Waals surface area (Å²) in [6, 6.07) is 11.1. The Morgan fingerprint density at radius 3 is 2.71 bits per heavy atom. The van der Waals surface area contributed by atoms with Crippen LogP contribution in [0.5, 0.6) is 11.5 Å². The lowest BCUT2D eigenvalue weighted by molar-refractivity contribution is 0.0723. The smallest absolute Gasteiger partial charge is 0.273 e. The lowest BCUT2D eigenvalue weighted by Gasteiger charge is -2.26. The van der Waals surface area contributed by atoms with E-state index in [9.17, 15) is 9.90 Å². The zero-order valence-corrected chi connectivity index (χ0v) is 18.2. The molecule has 0 saturated heterocycles. The number of hydrogen-bond donors (Lipinski definition) is 2. The number of aromatic hydroxyl groups is 1. The van der Waals surface area contributed by atoms with Crippen molar-refractivity contribution in [3.8, 4) is 22.8 Å². The van der Waals surface area contributed by atoms with E-state index in [0.717, 1.165) is 28.0 Å². The van der Waals surface area contributed by atoms with Crippen LogP contribution in [0.2, 0.25) is 0 Å². The summed E-state index contributed by atoms with van der Waals surface area (Å²) in [5, 5.41) is 18.1. The first-order valence-corrected chi connectivity index (χ1v) is 10.3. The standard InChI is InChI=1S/C24H27N3O4/c1-14-11-15(2)19(18(28)12-14)21-20-22(26-25-21)24(29)27(9-6-10-30-3)23(20)16-7-5-8-17(13-16)31-4/h5,7-8,11-13,23,28H,6,9-10H2,1-4H3,(H,25,26). The summed E-state index contributed by atoms with van der Waals surface area (Å²) in [6.07, 6.45) is 0.713. The predicted molar refractivity (Wildman–Crippen MR) is 118 cm³/mol. The van der Waals surface area contributed by atoms with Gasteiger partial charge in [0.25, 0.3) is 5.91 Å². The van der Waals surface area contributed by atoms with Crippen LogP contribution in [0.4, 0.5) is 0 Å². The molecule has 2 aromatic carbocycles. The maximum absolute atomic E-state index is 13.3. The van der Waals surface area contributed by atoms with Crippen molar-refractivity contribution in [3.63, 3.8) is 0 Å². The molecule has 2 N–H and O–H groups in total. The molecular formula is C24H27N3O4. The van der Waals surface area contributed by atoms with Crippen molar-refractivity contribution < 1.29 is 19.4 Å². The van der Waals surface area contributed by atoms with E-state index in [1.54, 1.807) is 20.3 Å². The number of hydrogen-bond acceptors (Lipinski definition) is 5. The first-order chi connectivity index (χ1) is 15.0. The van der Waals surface area contributed by atoms with Crippen molar-refractivity contribution >= 4 is 5.91 Å². The van der Waals surface area contributed by atoms with Crippen LogP contribution < -0.4 is 4.74 Å². The van der Waals surface area contributed by atoms with Gasteiger partial charge < -0.3 is 19.5 Å². The SMILES string of the molecule is COCCCN1C(=O)c2[nH]nc(-c3c(C)cc(C)cc3O)c2C1c1cccc(OC)c1. The van der Waals surface area contributed by atoms with E-state index in [-0.39, 0.29) is 17.7 Å². The Morgan fingerprint density at radius 2 is 2.00 bits per heavy atom. The maximum Gasteiger partial charge on any atom is 0.273 e. The number of aromatic amines is 1. The molecule has 0 bridgehead atoms. The van der Waals surface area contributed by atoms with Gasteiger partial charge in [0, 0.05) is 31.4 Å². The molecule has 2 heterocycles. The quantitative estimate of drug-likeness (QED) is 0.563. The minimum Gasteiger partial charge on any atom is -0.507 e. The van der Waals surface area contributed by atoms with Crippen LogP contribution in [0.1, 0.15) is 45.2 Å². The van der Waals surface area contributed by atoms with Gasteiger partial charge >= 0.3 is 0 Å². The number of aryl methyl sites for hydroxylation is 2. The molecule has 7 heteroatoms. The van der Waals surface area contributed by atoms with Crippen molar-refractivity contribution in [1.29, 1.82) is 0 Å². The lowest BCUT2D eigenvalue weighted by Crippen LogP contribution is -2.31. The van der Waals surface area contributed by atoms with E-state index in [1.165, 1.54) is 0 Å². The van der Waals surface area contributed by atoms with Crippen molar-refractivity contribution in [3.05, 3.63) is 64.3 Å². The second-order valence-electron chi connectivity index (χ2n) is 7.86. The molecule has 0 fully saturated rings. The summed E-state index contributed by atoms with van der Waals surface area (Å²) in [6.45, 7) is 4.98. The summed E-state index contributed by atoms with van der Waals surface area (Å²) < 4.78 is 10.6. The molecule has 1 atom stereocenters. The number of phenols is 1. The highest BCUT2D eigenvalue weighted by molar-refractivity contribution is 6.00. The third-order valence-electron chi connectivity index (χ3n) is 5.72. The van der Waals surface area contributed by atoms with Crippen molar-refractivity contribution in [2.45, 2.75) is 26.3 Å². The largest absolute Gasteiger partial charge is 0.507 e. The average Bonchev–Trinajstić information content (AvgIpc) is 3.27. The van der Waals surface area contributed by atoms with Crippen molar-refractivity contribution in [1.82, 2.24) is 15.1 Å². The van der Waals surface area contributed by atoms with E-state index in [4.69, 9.17) is 9.47 Å². The van der Waals surface area contributed by atoms with Crippen molar-refractivity contribution in [2.75, 3.05) is 27.4 Å². The summed E-state index contributed by atoms with van der Waals surface area (Å²) >= 11 is 0. The molecule has 1 unspecified atom stereocenters. The van der Waals surface area contributed by atoms with E-state index >= 15 is 0 Å². The molecule has 3 aromatic rings. The number of rotatable bonds is 7. The van der Waals surface area contributed by atoms with Crippen LogP contribution in [-0.4, -0.2) is 53.5 Å². The number of ether oxygens (including phenoxy) is 2. The molecule has 0 radical (unpaired) electrons. The molecule has 0 aliphatic carbocycles. The fourth-order valence-electron chi connectivity index (χ4n) is 4.41. The number of methoxy groups -OCH3 is 2. The molecule has 0 saturated carbocycles. The zero-order valence-electron chi connectivity index (χ0n) is 18.2. The average molecular weight is 421 g/mol. The topological polar surface area (TPSA) is 87.7 Å². The van der Waals surface area contributed by atoms with Gasteiger partial charge in [-0.15, -0.1) is 0 Å². The van der Waals surface area contributed by atoms with Gasteiger partial charge in [-0.2, -0.15) is 5.10 Å². The second-order valence-corrected chi connectivity index (χ2v) is 7.86. The number of carbonyl (C=O) groups excluding carboxylic acids is 1. The van der Waals surface area contributed by atoms with Crippen molar-refractivity contribution in [2.24, 2.45) is 0 Å². The molecular weight excluding hydrogens is 394 g/mol. The number of amides is 1. The van der Waals surface area contributed by atoms with Gasteiger partial charge in [-0.05, 0) is 55.2 Å². The van der Waals surface area contributed by atoms with Gasteiger partial charge in [0.1, 0.15) is 22.9 Å². The highest BCUT2D eigenvalue weighted by atomic mass is 16.5. The van der Waals surface area contributed by atoms with E-state index in [2.05, 4.69) is 10.2 Å². The molecule has 4 rings (SSSR count). The molecule has 1 amide bonds. The van der Waals surface area contributed by atoms with Crippen LogP contribution >= 0.6 is 0 Å². The third-order valence-corrected chi connectivity index (χ3v) is 5.72. The Hall–Kier alpha value is -3.32. The fraction of sp³-hybridized carbons (Fsp3) is 0.333. The van der Waals surface area contributed by atoms with E-state index in [0.29, 0.717) is 36.5 Å². The van der Waals surface area contributed by atoms with E-state index in [1.807, 2.05) is 49.1 Å². The van der Waals surface area contributed by atoms with Crippen LogP contribution in [0.15, 0.2) is 36.4 Å². The summed E-state index contributed by atoms with van der Waals surface area (Å²) in [4.78, 5) is 15.2. The number of aromatic nitrogens is 2. The summed E-state index contributed by atoms with van der Waals surface area (Å²) in [5.41, 5.74) is 5.27. The Kier molecular flexibility index (Phi) is 5.69. The van der Waals surface area contributed by atoms with E-state index < -0.39 is 0 Å². The highest BCUT2D eigenvalue weighted by Crippen LogP contribution is 2.46. The summed E-state index contributed by atoms with van der Waals surface area (Å²) in [7, 11) is 3.27. The monoisotopic (exact) mass is 421 g/mol. The van der Waals surface area contributed by atoms with Gasteiger partial charge in [-0.1, -0.05) is 18.2 Å². The number of nitrogens with one attached hydrogen (secondary N) is 1. The zero-order chi connectivity index (χ0) is 22.1. The predicted octanol–water partition coefficient (Wildman–Crippen LogP) is 3.99. The normalized spacial score (nSPS) is 15.4. The highest BCUT2D eigenvalue weighted by Gasteiger charge is 2.42. The third kappa shape index (κ3) is 3.65. The molecule has 7 nitrogen and oxygen atoms in total. The Balaban J connectivity index is 1.88. The van der Waals surface area contributed by atoms with Gasteiger partial charge in [0.2, 0.25) is 0 Å². The Morgan fingerprint density at radius 1 is 1.19 bits per heavy atom. The van der Waals surface area contributed by atoms with Crippen LogP contribution in [0.25, 0.3) is 11.3 Å². The Bertz CT molecular complexity index is 1100. The molecule has 31 heavy (non-hydrogen) atoms. The first kappa shape index (κ1) is 20.9. The number of carbonyl (C=O) groups is 1. The van der Waals surface area contributed by atoms with Gasteiger partial charge in [-0.25, -0.2) is 0 Å².